The van der Waals surface area contributed by atoms with E-state index < -0.39 is 11.9 Å². The zero-order chi connectivity index (χ0) is 14.4. The summed E-state index contributed by atoms with van der Waals surface area (Å²) < 4.78 is 0. The number of hydrogen-bond acceptors (Lipinski definition) is 2. The third-order valence-corrected chi connectivity index (χ3v) is 3.14. The number of hydrogen-bond donors (Lipinski definition) is 1. The Labute approximate surface area is 114 Å². The molecule has 1 N–H and O–H groups in total. The molecule has 0 spiro atoms. The molecule has 19 heavy (non-hydrogen) atoms. The van der Waals surface area contributed by atoms with E-state index in [-0.39, 0.29) is 12.5 Å². The molecule has 1 atom stereocenters. The molecular formula is C15H21NO3. The van der Waals surface area contributed by atoms with Crippen LogP contribution in [0.1, 0.15) is 24.5 Å². The van der Waals surface area contributed by atoms with Gasteiger partial charge >= 0.3 is 5.97 Å². The molecule has 4 nitrogen and oxygen atoms in total. The first-order valence-corrected chi connectivity index (χ1v) is 6.42. The van der Waals surface area contributed by atoms with E-state index in [4.69, 9.17) is 5.11 Å². The molecule has 1 rings (SSSR count). The molecule has 0 aromatic heterocycles. The minimum Gasteiger partial charge on any atom is -0.481 e. The molecule has 0 radical (unpaired) electrons. The largest absolute Gasteiger partial charge is 0.481 e. The van der Waals surface area contributed by atoms with E-state index in [0.29, 0.717) is 12.8 Å². The number of aryl methyl sites for hydroxylation is 2. The van der Waals surface area contributed by atoms with Gasteiger partial charge in [0.25, 0.3) is 0 Å². The van der Waals surface area contributed by atoms with Crippen molar-refractivity contribution in [1.29, 1.82) is 0 Å². The highest BCUT2D eigenvalue weighted by Gasteiger charge is 2.17. The maximum Gasteiger partial charge on any atom is 0.308 e. The molecule has 1 unspecified atom stereocenters. The molecule has 0 saturated heterocycles. The van der Waals surface area contributed by atoms with E-state index in [9.17, 15) is 9.59 Å². The number of aliphatic carboxylic acids is 1. The van der Waals surface area contributed by atoms with Crippen LogP contribution in [-0.4, -0.2) is 35.5 Å². The summed E-state index contributed by atoms with van der Waals surface area (Å²) in [6.45, 7) is 3.88. The maximum atomic E-state index is 11.9. The molecule has 1 amide bonds. The molecule has 0 aliphatic rings. The van der Waals surface area contributed by atoms with Crippen molar-refractivity contribution < 1.29 is 14.7 Å². The van der Waals surface area contributed by atoms with Crippen molar-refractivity contribution in [3.8, 4) is 0 Å². The normalized spacial score (nSPS) is 11.9. The van der Waals surface area contributed by atoms with E-state index in [1.165, 1.54) is 10.5 Å². The van der Waals surface area contributed by atoms with Crippen LogP contribution in [0, 0.1) is 12.8 Å². The molecule has 0 bridgehead atoms. The van der Waals surface area contributed by atoms with E-state index in [0.717, 1.165) is 5.56 Å². The van der Waals surface area contributed by atoms with E-state index in [2.05, 4.69) is 0 Å². The number of carboxylic acids is 1. The van der Waals surface area contributed by atoms with Crippen molar-refractivity contribution in [2.75, 3.05) is 13.6 Å². The highest BCUT2D eigenvalue weighted by molar-refractivity contribution is 5.77. The van der Waals surface area contributed by atoms with Crippen LogP contribution in [-0.2, 0) is 16.0 Å². The van der Waals surface area contributed by atoms with Crippen molar-refractivity contribution >= 4 is 11.9 Å². The van der Waals surface area contributed by atoms with Crippen LogP contribution in [0.3, 0.4) is 0 Å². The van der Waals surface area contributed by atoms with E-state index in [1.54, 1.807) is 14.0 Å². The number of nitrogens with zero attached hydrogens (tertiary/aromatic N) is 1. The molecule has 1 aromatic carbocycles. The predicted octanol–water partition coefficient (Wildman–Crippen LogP) is 2.11. The zero-order valence-corrected chi connectivity index (χ0v) is 11.7. The molecule has 1 aromatic rings. The summed E-state index contributed by atoms with van der Waals surface area (Å²) in [6.07, 6.45) is 1.09. The van der Waals surface area contributed by atoms with Gasteiger partial charge in [-0.1, -0.05) is 36.8 Å². The Balaban J connectivity index is 2.42. The van der Waals surface area contributed by atoms with Crippen LogP contribution >= 0.6 is 0 Å². The quantitative estimate of drug-likeness (QED) is 0.855. The Morgan fingerprint density at radius 2 is 1.84 bits per heavy atom. The number of carboxylic acid groups (broad SMARTS) is 1. The second-order valence-corrected chi connectivity index (χ2v) is 5.00. The second kappa shape index (κ2) is 6.92. The number of benzene rings is 1. The lowest BCUT2D eigenvalue weighted by molar-refractivity contribution is -0.142. The smallest absolute Gasteiger partial charge is 0.308 e. The summed E-state index contributed by atoms with van der Waals surface area (Å²) in [4.78, 5) is 24.1. The Morgan fingerprint density at radius 1 is 1.26 bits per heavy atom. The third kappa shape index (κ3) is 5.12. The van der Waals surface area contributed by atoms with Gasteiger partial charge in [-0.3, -0.25) is 9.59 Å². The summed E-state index contributed by atoms with van der Waals surface area (Å²) in [5, 5.41) is 8.81. The van der Waals surface area contributed by atoms with Gasteiger partial charge in [-0.25, -0.2) is 0 Å². The second-order valence-electron chi connectivity index (χ2n) is 5.00. The van der Waals surface area contributed by atoms with E-state index in [1.807, 2.05) is 31.2 Å². The Kier molecular flexibility index (Phi) is 5.55. The highest BCUT2D eigenvalue weighted by atomic mass is 16.4. The van der Waals surface area contributed by atoms with E-state index >= 15 is 0 Å². The summed E-state index contributed by atoms with van der Waals surface area (Å²) >= 11 is 0. The summed E-state index contributed by atoms with van der Waals surface area (Å²) in [7, 11) is 1.65. The lowest BCUT2D eigenvalue weighted by atomic mass is 10.1. The average molecular weight is 263 g/mol. The lowest BCUT2D eigenvalue weighted by Crippen LogP contribution is -2.33. The number of carbonyl (C=O) groups excluding carboxylic acids is 1. The predicted molar refractivity (Wildman–Crippen MR) is 73.9 cm³/mol. The van der Waals surface area contributed by atoms with Crippen LogP contribution in [0.2, 0.25) is 0 Å². The van der Waals surface area contributed by atoms with Gasteiger partial charge in [0.15, 0.2) is 0 Å². The first-order valence-electron chi connectivity index (χ1n) is 6.42. The highest BCUT2D eigenvalue weighted by Crippen LogP contribution is 2.08. The molecule has 4 heteroatoms. The molecular weight excluding hydrogens is 242 g/mol. The summed E-state index contributed by atoms with van der Waals surface area (Å²) in [6, 6.07) is 8.08. The standard InChI is InChI=1S/C15H21NO3/c1-11-4-6-13(7-5-11)8-9-14(17)16(3)10-12(2)15(18)19/h4-7,12H,8-10H2,1-3H3,(H,18,19). The van der Waals surface area contributed by atoms with Crippen molar-refractivity contribution in [2.45, 2.75) is 26.7 Å². The third-order valence-electron chi connectivity index (χ3n) is 3.14. The fourth-order valence-corrected chi connectivity index (χ4v) is 1.79. The molecule has 0 fully saturated rings. The monoisotopic (exact) mass is 263 g/mol. The van der Waals surface area contributed by atoms with Gasteiger partial charge in [0.1, 0.15) is 0 Å². The maximum absolute atomic E-state index is 11.9. The molecule has 104 valence electrons. The van der Waals surface area contributed by atoms with Gasteiger partial charge in [0, 0.05) is 20.0 Å². The van der Waals surface area contributed by atoms with Gasteiger partial charge in [-0.15, -0.1) is 0 Å². The van der Waals surface area contributed by atoms with Gasteiger partial charge in [-0.2, -0.15) is 0 Å². The average Bonchev–Trinajstić information content (AvgIpc) is 2.37. The van der Waals surface area contributed by atoms with Gasteiger partial charge < -0.3 is 10.0 Å². The molecule has 0 aliphatic heterocycles. The van der Waals surface area contributed by atoms with Crippen molar-refractivity contribution in [3.05, 3.63) is 35.4 Å². The van der Waals surface area contributed by atoms with Crippen LogP contribution < -0.4 is 0 Å². The SMILES string of the molecule is Cc1ccc(CCC(=O)N(C)CC(C)C(=O)O)cc1. The Bertz CT molecular complexity index is 439. The topological polar surface area (TPSA) is 57.6 Å². The zero-order valence-electron chi connectivity index (χ0n) is 11.7. The number of rotatable bonds is 6. The van der Waals surface area contributed by atoms with Crippen LogP contribution in [0.5, 0.6) is 0 Å². The number of carbonyl (C=O) groups is 2. The fourth-order valence-electron chi connectivity index (χ4n) is 1.79. The summed E-state index contributed by atoms with van der Waals surface area (Å²) in [5.41, 5.74) is 2.32. The molecule has 0 aliphatic carbocycles. The van der Waals surface area contributed by atoms with Crippen molar-refractivity contribution in [1.82, 2.24) is 4.90 Å². The lowest BCUT2D eigenvalue weighted by Gasteiger charge is -2.19. The molecule has 0 saturated carbocycles. The molecule has 0 heterocycles. The fraction of sp³-hybridized carbons (Fsp3) is 0.467. The minimum absolute atomic E-state index is 0.0197. The van der Waals surface area contributed by atoms with Crippen LogP contribution in [0.15, 0.2) is 24.3 Å². The number of amides is 1. The first kappa shape index (κ1) is 15.2. The van der Waals surface area contributed by atoms with Gasteiger partial charge in [0.05, 0.1) is 5.92 Å². The Hall–Kier alpha value is -1.84. The van der Waals surface area contributed by atoms with Crippen LogP contribution in [0.4, 0.5) is 0 Å². The van der Waals surface area contributed by atoms with Crippen molar-refractivity contribution in [2.24, 2.45) is 5.92 Å². The van der Waals surface area contributed by atoms with Crippen molar-refractivity contribution in [3.63, 3.8) is 0 Å². The minimum atomic E-state index is -0.877. The van der Waals surface area contributed by atoms with Crippen LogP contribution in [0.25, 0.3) is 0 Å². The van der Waals surface area contributed by atoms with Gasteiger partial charge in [0.2, 0.25) is 5.91 Å². The Morgan fingerprint density at radius 3 is 2.37 bits per heavy atom. The van der Waals surface area contributed by atoms with Gasteiger partial charge in [-0.05, 0) is 18.9 Å². The summed E-state index contributed by atoms with van der Waals surface area (Å²) in [5.74, 6) is -1.43. The first-order chi connectivity index (χ1) is 8.90.